The van der Waals surface area contributed by atoms with Crippen LogP contribution in [0.4, 0.5) is 5.69 Å². The van der Waals surface area contributed by atoms with Gasteiger partial charge in [-0.25, -0.2) is 8.42 Å². The zero-order chi connectivity index (χ0) is 28.4. The molecule has 3 aromatic rings. The van der Waals surface area contributed by atoms with E-state index in [4.69, 9.17) is 11.6 Å². The molecule has 0 bridgehead atoms. The van der Waals surface area contributed by atoms with Gasteiger partial charge in [0, 0.05) is 18.1 Å². The van der Waals surface area contributed by atoms with Crippen molar-refractivity contribution >= 4 is 39.1 Å². The summed E-state index contributed by atoms with van der Waals surface area (Å²) in [6, 6.07) is 21.4. The number of unbranched alkanes of at least 4 members (excludes halogenated alkanes) is 1. The fraction of sp³-hybridized carbons (Fsp3) is 0.333. The number of benzene rings is 3. The lowest BCUT2D eigenvalue weighted by Gasteiger charge is -2.32. The topological polar surface area (TPSA) is 86.8 Å². The van der Waals surface area contributed by atoms with Crippen LogP contribution in [0, 0.1) is 0 Å². The van der Waals surface area contributed by atoms with E-state index in [0.717, 1.165) is 28.3 Å². The lowest BCUT2D eigenvalue weighted by atomic mass is 10.1. The minimum absolute atomic E-state index is 0.0791. The Balaban J connectivity index is 2.02. The summed E-state index contributed by atoms with van der Waals surface area (Å²) in [6.07, 6.45) is 2.31. The Labute approximate surface area is 236 Å². The second-order valence-electron chi connectivity index (χ2n) is 9.28. The van der Waals surface area contributed by atoms with E-state index in [9.17, 15) is 18.0 Å². The number of halogens is 1. The maximum absolute atomic E-state index is 14.0. The predicted octanol–water partition coefficient (Wildman–Crippen LogP) is 5.43. The van der Waals surface area contributed by atoms with E-state index in [-0.39, 0.29) is 17.3 Å². The molecule has 9 heteroatoms. The fourth-order valence-electron chi connectivity index (χ4n) is 4.24. The molecule has 0 saturated heterocycles. The van der Waals surface area contributed by atoms with Gasteiger partial charge in [0.25, 0.3) is 10.0 Å². The van der Waals surface area contributed by atoms with E-state index in [1.165, 1.54) is 17.0 Å². The van der Waals surface area contributed by atoms with Gasteiger partial charge in [0.2, 0.25) is 11.8 Å². The zero-order valence-electron chi connectivity index (χ0n) is 22.6. The first kappa shape index (κ1) is 30.2. The number of para-hydroxylation sites is 1. The average Bonchev–Trinajstić information content (AvgIpc) is 2.94. The highest BCUT2D eigenvalue weighted by atomic mass is 35.5. The quantitative estimate of drug-likeness (QED) is 0.278. The van der Waals surface area contributed by atoms with E-state index >= 15 is 0 Å². The minimum Gasteiger partial charge on any atom is -0.354 e. The molecule has 0 fully saturated rings. The first-order valence-corrected chi connectivity index (χ1v) is 15.0. The van der Waals surface area contributed by atoms with Crippen LogP contribution in [0.15, 0.2) is 83.8 Å². The number of nitrogens with zero attached hydrogens (tertiary/aromatic N) is 2. The number of carbonyl (C=O) groups excluding carboxylic acids is 2. The molecule has 0 aliphatic rings. The molecule has 0 aliphatic carbocycles. The molecule has 39 heavy (non-hydrogen) atoms. The van der Waals surface area contributed by atoms with E-state index < -0.39 is 28.5 Å². The van der Waals surface area contributed by atoms with Crippen molar-refractivity contribution in [2.45, 2.75) is 57.5 Å². The molecule has 0 aliphatic heterocycles. The number of sulfonamides is 1. The minimum atomic E-state index is -4.09. The van der Waals surface area contributed by atoms with Gasteiger partial charge in [-0.2, -0.15) is 0 Å². The second-order valence-corrected chi connectivity index (χ2v) is 11.6. The van der Waals surface area contributed by atoms with Crippen LogP contribution in [-0.2, 0) is 32.6 Å². The predicted molar refractivity (Wildman–Crippen MR) is 156 cm³/mol. The number of amides is 2. The zero-order valence-corrected chi connectivity index (χ0v) is 24.2. The highest BCUT2D eigenvalue weighted by molar-refractivity contribution is 7.92. The molecule has 0 aromatic heterocycles. The molecule has 1 atom stereocenters. The number of carbonyl (C=O) groups is 2. The molecule has 2 amide bonds. The van der Waals surface area contributed by atoms with Crippen molar-refractivity contribution in [3.8, 4) is 0 Å². The van der Waals surface area contributed by atoms with Crippen molar-refractivity contribution in [3.63, 3.8) is 0 Å². The Morgan fingerprint density at radius 1 is 0.949 bits per heavy atom. The first-order valence-electron chi connectivity index (χ1n) is 13.2. The summed E-state index contributed by atoms with van der Waals surface area (Å²) in [5.41, 5.74) is 1.95. The Bertz CT molecular complexity index is 1370. The summed E-state index contributed by atoms with van der Waals surface area (Å²) in [6.45, 7) is 5.73. The monoisotopic (exact) mass is 569 g/mol. The summed E-state index contributed by atoms with van der Waals surface area (Å²) in [7, 11) is -4.09. The third-order valence-electron chi connectivity index (χ3n) is 6.49. The molecule has 0 unspecified atom stereocenters. The number of hydrogen-bond acceptors (Lipinski definition) is 4. The summed E-state index contributed by atoms with van der Waals surface area (Å²) in [5.74, 6) is -0.802. The molecule has 1 N–H and O–H groups in total. The summed E-state index contributed by atoms with van der Waals surface area (Å²) < 4.78 is 28.9. The van der Waals surface area contributed by atoms with Crippen LogP contribution >= 0.6 is 11.6 Å². The van der Waals surface area contributed by atoms with Crippen LogP contribution in [-0.4, -0.2) is 44.3 Å². The van der Waals surface area contributed by atoms with Crippen LogP contribution in [0.1, 0.15) is 44.7 Å². The van der Waals surface area contributed by atoms with E-state index in [2.05, 4.69) is 5.32 Å². The molecule has 0 heterocycles. The van der Waals surface area contributed by atoms with Crippen molar-refractivity contribution in [3.05, 3.63) is 95.0 Å². The number of nitrogens with one attached hydrogen (secondary N) is 1. The van der Waals surface area contributed by atoms with Crippen molar-refractivity contribution in [1.29, 1.82) is 0 Å². The molecular formula is C30H36ClN3O4S. The van der Waals surface area contributed by atoms with E-state index in [1.54, 1.807) is 55.5 Å². The summed E-state index contributed by atoms with van der Waals surface area (Å²) >= 11 is 6.19. The average molecular weight is 570 g/mol. The summed E-state index contributed by atoms with van der Waals surface area (Å²) in [4.78, 5) is 28.5. The number of rotatable bonds is 13. The Morgan fingerprint density at radius 3 is 2.31 bits per heavy atom. The van der Waals surface area contributed by atoms with Crippen molar-refractivity contribution in [2.24, 2.45) is 0 Å². The molecule has 0 radical (unpaired) electrons. The number of hydrogen-bond donors (Lipinski definition) is 1. The van der Waals surface area contributed by atoms with Gasteiger partial charge in [0.05, 0.1) is 10.6 Å². The van der Waals surface area contributed by atoms with Crippen molar-refractivity contribution in [1.82, 2.24) is 10.2 Å². The molecule has 208 valence electrons. The van der Waals surface area contributed by atoms with Gasteiger partial charge in [-0.05, 0) is 61.2 Å². The van der Waals surface area contributed by atoms with Crippen LogP contribution < -0.4 is 9.62 Å². The van der Waals surface area contributed by atoms with Gasteiger partial charge in [0.15, 0.2) is 0 Å². The van der Waals surface area contributed by atoms with E-state index in [0.29, 0.717) is 23.7 Å². The molecule has 0 saturated carbocycles. The normalized spacial score (nSPS) is 12.0. The molecule has 3 aromatic carbocycles. The highest BCUT2D eigenvalue weighted by Gasteiger charge is 2.33. The van der Waals surface area contributed by atoms with Gasteiger partial charge in [-0.3, -0.25) is 13.9 Å². The third kappa shape index (κ3) is 7.83. The van der Waals surface area contributed by atoms with Crippen LogP contribution in [0.25, 0.3) is 0 Å². The molecule has 0 spiro atoms. The van der Waals surface area contributed by atoms with E-state index in [1.807, 2.05) is 32.0 Å². The van der Waals surface area contributed by atoms with Crippen LogP contribution in [0.5, 0.6) is 0 Å². The second kappa shape index (κ2) is 14.1. The van der Waals surface area contributed by atoms with Crippen molar-refractivity contribution in [2.75, 3.05) is 17.4 Å². The SMILES string of the molecule is CCCCNC(=O)[C@@H](C)N(Cc1cccc(Cl)c1)C(=O)CN(c1ccccc1CC)S(=O)(=O)c1ccccc1. The lowest BCUT2D eigenvalue weighted by Crippen LogP contribution is -2.51. The number of aryl methyl sites for hydroxylation is 1. The Hall–Kier alpha value is -3.36. The van der Waals surface area contributed by atoms with Gasteiger partial charge in [-0.15, -0.1) is 0 Å². The Morgan fingerprint density at radius 2 is 1.64 bits per heavy atom. The van der Waals surface area contributed by atoms with Gasteiger partial charge in [0.1, 0.15) is 12.6 Å². The van der Waals surface area contributed by atoms with Crippen molar-refractivity contribution < 1.29 is 18.0 Å². The first-order chi connectivity index (χ1) is 18.7. The highest BCUT2D eigenvalue weighted by Crippen LogP contribution is 2.28. The third-order valence-corrected chi connectivity index (χ3v) is 8.50. The largest absolute Gasteiger partial charge is 0.354 e. The molecule has 3 rings (SSSR count). The standard InChI is InChI=1S/C30H36ClN3O4S/c1-4-6-19-32-30(36)23(3)33(21-24-13-12-15-26(31)20-24)29(35)22-34(28-18-11-10-14-25(28)5-2)39(37,38)27-16-8-7-9-17-27/h7-18,20,23H,4-6,19,21-22H2,1-3H3,(H,32,36)/t23-/m1/s1. The maximum Gasteiger partial charge on any atom is 0.264 e. The number of anilines is 1. The van der Waals surface area contributed by atoms with Gasteiger partial charge >= 0.3 is 0 Å². The smallest absolute Gasteiger partial charge is 0.264 e. The maximum atomic E-state index is 14.0. The fourth-order valence-corrected chi connectivity index (χ4v) is 5.92. The van der Waals surface area contributed by atoms with Crippen LogP contribution in [0.2, 0.25) is 5.02 Å². The van der Waals surface area contributed by atoms with Crippen LogP contribution in [0.3, 0.4) is 0 Å². The molecule has 7 nitrogen and oxygen atoms in total. The van der Waals surface area contributed by atoms with Gasteiger partial charge < -0.3 is 10.2 Å². The molecular weight excluding hydrogens is 534 g/mol. The summed E-state index contributed by atoms with van der Waals surface area (Å²) in [5, 5.41) is 3.39. The lowest BCUT2D eigenvalue weighted by molar-refractivity contribution is -0.139. The van der Waals surface area contributed by atoms with Gasteiger partial charge in [-0.1, -0.05) is 80.4 Å². The Kier molecular flexibility index (Phi) is 10.9.